The number of pyridine rings is 1. The van der Waals surface area contributed by atoms with E-state index in [2.05, 4.69) is 30.2 Å². The molecule has 1 rings (SSSR count). The second-order valence-corrected chi connectivity index (χ2v) is 4.72. The van der Waals surface area contributed by atoms with Crippen LogP contribution in [0.25, 0.3) is 0 Å². The Balaban J connectivity index is 2.98. The van der Waals surface area contributed by atoms with Crippen molar-refractivity contribution in [1.29, 1.82) is 0 Å². The second kappa shape index (κ2) is 7.14. The molecule has 0 saturated heterocycles. The second-order valence-electron chi connectivity index (χ2n) is 4.72. The summed E-state index contributed by atoms with van der Waals surface area (Å²) in [5.41, 5.74) is 2.79. The Labute approximate surface area is 110 Å². The number of amides is 1. The first-order chi connectivity index (χ1) is 8.63. The summed E-state index contributed by atoms with van der Waals surface area (Å²) in [5, 5.41) is 2.61. The van der Waals surface area contributed by atoms with E-state index in [4.69, 9.17) is 0 Å². The molecular weight excluding hydrogens is 224 g/mol. The lowest BCUT2D eigenvalue weighted by Crippen LogP contribution is -2.20. The van der Waals surface area contributed by atoms with E-state index in [-0.39, 0.29) is 5.91 Å². The molecule has 0 aliphatic heterocycles. The number of hydrogen-bond donors (Lipinski definition) is 1. The number of nitrogens with zero attached hydrogens (tertiary/aromatic N) is 1. The number of nitrogens with one attached hydrogen (secondary N) is 1. The van der Waals surface area contributed by atoms with Crippen molar-refractivity contribution in [1.82, 2.24) is 10.3 Å². The van der Waals surface area contributed by atoms with Gasteiger partial charge < -0.3 is 5.32 Å². The number of aryl methyl sites for hydroxylation is 1. The van der Waals surface area contributed by atoms with Crippen LogP contribution in [0.3, 0.4) is 0 Å². The maximum atomic E-state index is 11.5. The fraction of sp³-hybridized carbons (Fsp3) is 0.600. The van der Waals surface area contributed by atoms with Crippen molar-refractivity contribution >= 4 is 5.91 Å². The third-order valence-corrected chi connectivity index (χ3v) is 3.30. The lowest BCUT2D eigenvalue weighted by atomic mass is 9.89. The van der Waals surface area contributed by atoms with E-state index in [1.54, 1.807) is 7.05 Å². The van der Waals surface area contributed by atoms with Gasteiger partial charge in [0, 0.05) is 12.7 Å². The average molecular weight is 248 g/mol. The van der Waals surface area contributed by atoms with Crippen molar-refractivity contribution in [2.45, 2.75) is 52.4 Å². The highest BCUT2D eigenvalue weighted by Crippen LogP contribution is 2.28. The lowest BCUT2D eigenvalue weighted by Gasteiger charge is -2.18. The quantitative estimate of drug-likeness (QED) is 0.838. The summed E-state index contributed by atoms with van der Waals surface area (Å²) in [6.45, 7) is 6.43. The molecule has 0 radical (unpaired) electrons. The topological polar surface area (TPSA) is 42.0 Å². The Morgan fingerprint density at radius 2 is 1.89 bits per heavy atom. The first kappa shape index (κ1) is 14.7. The van der Waals surface area contributed by atoms with E-state index >= 15 is 0 Å². The van der Waals surface area contributed by atoms with Crippen molar-refractivity contribution in [2.75, 3.05) is 7.05 Å². The zero-order valence-corrected chi connectivity index (χ0v) is 11.9. The van der Waals surface area contributed by atoms with E-state index in [0.29, 0.717) is 11.6 Å². The van der Waals surface area contributed by atoms with Crippen LogP contribution in [0.2, 0.25) is 0 Å². The largest absolute Gasteiger partial charge is 0.354 e. The Hall–Kier alpha value is -1.38. The third kappa shape index (κ3) is 3.56. The molecule has 0 aliphatic rings. The lowest BCUT2D eigenvalue weighted by molar-refractivity contribution is 0.0958. The van der Waals surface area contributed by atoms with Crippen molar-refractivity contribution in [2.24, 2.45) is 0 Å². The van der Waals surface area contributed by atoms with E-state index in [0.717, 1.165) is 5.69 Å². The zero-order chi connectivity index (χ0) is 13.5. The van der Waals surface area contributed by atoms with Crippen molar-refractivity contribution < 1.29 is 4.79 Å². The molecule has 3 heteroatoms. The van der Waals surface area contributed by atoms with Crippen molar-refractivity contribution in [3.63, 3.8) is 0 Å². The number of carbonyl (C=O) groups excluding carboxylic acids is 1. The zero-order valence-electron chi connectivity index (χ0n) is 11.9. The maximum absolute atomic E-state index is 11.5. The van der Waals surface area contributed by atoms with Crippen LogP contribution in [0.15, 0.2) is 12.1 Å². The van der Waals surface area contributed by atoms with E-state index < -0.39 is 0 Å². The summed E-state index contributed by atoms with van der Waals surface area (Å²) >= 11 is 0. The highest BCUT2D eigenvalue weighted by Gasteiger charge is 2.15. The van der Waals surface area contributed by atoms with Gasteiger partial charge in [-0.05, 0) is 37.3 Å². The molecule has 0 fully saturated rings. The molecule has 18 heavy (non-hydrogen) atoms. The molecule has 1 amide bonds. The van der Waals surface area contributed by atoms with Crippen LogP contribution in [0.1, 0.15) is 67.2 Å². The molecule has 0 aliphatic carbocycles. The summed E-state index contributed by atoms with van der Waals surface area (Å²) in [4.78, 5) is 15.9. The molecule has 1 aromatic rings. The highest BCUT2D eigenvalue weighted by molar-refractivity contribution is 5.92. The number of carbonyl (C=O) groups is 1. The molecule has 0 unspecified atom stereocenters. The summed E-state index contributed by atoms with van der Waals surface area (Å²) in [7, 11) is 1.63. The van der Waals surface area contributed by atoms with Crippen LogP contribution in [-0.4, -0.2) is 17.9 Å². The number of rotatable bonds is 6. The van der Waals surface area contributed by atoms with Crippen molar-refractivity contribution in [3.8, 4) is 0 Å². The first-order valence-electron chi connectivity index (χ1n) is 6.83. The smallest absolute Gasteiger partial charge is 0.269 e. The summed E-state index contributed by atoms with van der Waals surface area (Å²) in [6.07, 6.45) is 4.74. The van der Waals surface area contributed by atoms with E-state index in [1.165, 1.54) is 31.2 Å². The minimum atomic E-state index is -0.118. The molecule has 0 aromatic carbocycles. The molecule has 1 aromatic heterocycles. The van der Waals surface area contributed by atoms with Gasteiger partial charge >= 0.3 is 0 Å². The van der Waals surface area contributed by atoms with E-state index in [9.17, 15) is 4.79 Å². The molecular formula is C15H24N2O. The number of aromatic nitrogens is 1. The predicted molar refractivity (Wildman–Crippen MR) is 74.9 cm³/mol. The predicted octanol–water partition coefficient (Wildman–Crippen LogP) is 3.43. The monoisotopic (exact) mass is 248 g/mol. The number of hydrogen-bond acceptors (Lipinski definition) is 2. The summed E-state index contributed by atoms with van der Waals surface area (Å²) in [6, 6.07) is 3.91. The standard InChI is InChI=1S/C15H24N2O/c1-5-7-12(8-6-2)13-9-10-14(15(18)16-4)17-11(13)3/h9-10,12H,5-8H2,1-4H3,(H,16,18). The fourth-order valence-electron chi connectivity index (χ4n) is 2.41. The molecule has 0 saturated carbocycles. The van der Waals surface area contributed by atoms with Crippen LogP contribution in [0.5, 0.6) is 0 Å². The van der Waals surface area contributed by atoms with E-state index in [1.807, 2.05) is 13.0 Å². The minimum Gasteiger partial charge on any atom is -0.354 e. The average Bonchev–Trinajstić information content (AvgIpc) is 2.37. The Kier molecular flexibility index (Phi) is 5.83. The van der Waals surface area contributed by atoms with Gasteiger partial charge in [0.05, 0.1) is 0 Å². The van der Waals surface area contributed by atoms with Gasteiger partial charge in [-0.2, -0.15) is 0 Å². The molecule has 1 heterocycles. The van der Waals surface area contributed by atoms with Gasteiger partial charge in [0.15, 0.2) is 0 Å². The normalized spacial score (nSPS) is 10.7. The maximum Gasteiger partial charge on any atom is 0.269 e. The summed E-state index contributed by atoms with van der Waals surface area (Å²) in [5.74, 6) is 0.457. The molecule has 1 N–H and O–H groups in total. The molecule has 0 spiro atoms. The van der Waals surface area contributed by atoms with Gasteiger partial charge in [-0.3, -0.25) is 4.79 Å². The summed E-state index contributed by atoms with van der Waals surface area (Å²) < 4.78 is 0. The van der Waals surface area contributed by atoms with Gasteiger partial charge in [-0.15, -0.1) is 0 Å². The third-order valence-electron chi connectivity index (χ3n) is 3.30. The Morgan fingerprint density at radius 3 is 2.33 bits per heavy atom. The first-order valence-corrected chi connectivity index (χ1v) is 6.83. The van der Waals surface area contributed by atoms with Crippen LogP contribution in [0.4, 0.5) is 0 Å². The van der Waals surface area contributed by atoms with Crippen LogP contribution in [-0.2, 0) is 0 Å². The molecule has 0 atom stereocenters. The van der Waals surface area contributed by atoms with Gasteiger partial charge in [-0.25, -0.2) is 4.98 Å². The SMILES string of the molecule is CCCC(CCC)c1ccc(C(=O)NC)nc1C. The van der Waals surface area contributed by atoms with Crippen LogP contribution in [0, 0.1) is 6.92 Å². The van der Waals surface area contributed by atoms with Gasteiger partial charge in [0.1, 0.15) is 5.69 Å². The molecule has 100 valence electrons. The van der Waals surface area contributed by atoms with Gasteiger partial charge in [0.25, 0.3) is 5.91 Å². The fourth-order valence-corrected chi connectivity index (χ4v) is 2.41. The minimum absolute atomic E-state index is 0.118. The van der Waals surface area contributed by atoms with Crippen LogP contribution >= 0.6 is 0 Å². The van der Waals surface area contributed by atoms with Gasteiger partial charge in [-0.1, -0.05) is 32.8 Å². The molecule has 3 nitrogen and oxygen atoms in total. The van der Waals surface area contributed by atoms with Gasteiger partial charge in [0.2, 0.25) is 0 Å². The van der Waals surface area contributed by atoms with Crippen molar-refractivity contribution in [3.05, 3.63) is 29.1 Å². The Bertz CT molecular complexity index is 395. The van der Waals surface area contributed by atoms with Crippen LogP contribution < -0.4 is 5.32 Å². The highest BCUT2D eigenvalue weighted by atomic mass is 16.1. The Morgan fingerprint density at radius 1 is 1.28 bits per heavy atom. The molecule has 0 bridgehead atoms.